The third kappa shape index (κ3) is 2.82. The first-order valence-electron chi connectivity index (χ1n) is 7.39. The number of nitrogens with zero attached hydrogens (tertiary/aromatic N) is 3. The summed E-state index contributed by atoms with van der Waals surface area (Å²) in [6.45, 7) is 4.45. The van der Waals surface area contributed by atoms with Crippen LogP contribution in [-0.2, 0) is 10.0 Å². The first-order valence-corrected chi connectivity index (χ1v) is 9.71. The van der Waals surface area contributed by atoms with E-state index < -0.39 is 10.0 Å². The molecule has 0 radical (unpaired) electrons. The van der Waals surface area contributed by atoms with Gasteiger partial charge in [-0.05, 0) is 24.3 Å². The maximum atomic E-state index is 12.8. The highest BCUT2D eigenvalue weighted by Gasteiger charge is 2.38. The molecule has 1 atom stereocenters. The van der Waals surface area contributed by atoms with Crippen LogP contribution in [0.2, 0.25) is 0 Å². The molecule has 1 unspecified atom stereocenters. The zero-order valence-corrected chi connectivity index (χ0v) is 14.2. The maximum absolute atomic E-state index is 12.8. The molecule has 0 amide bonds. The number of rotatable bonds is 4. The van der Waals surface area contributed by atoms with E-state index in [1.165, 1.54) is 15.6 Å². The van der Waals surface area contributed by atoms with Crippen molar-refractivity contribution in [3.63, 3.8) is 0 Å². The van der Waals surface area contributed by atoms with Gasteiger partial charge < -0.3 is 4.52 Å². The molecule has 1 fully saturated rings. The summed E-state index contributed by atoms with van der Waals surface area (Å²) in [6, 6.07) is 3.03. The zero-order valence-electron chi connectivity index (χ0n) is 12.6. The topological polar surface area (TPSA) is 76.3 Å². The fourth-order valence-electron chi connectivity index (χ4n) is 2.58. The van der Waals surface area contributed by atoms with E-state index in [1.54, 1.807) is 17.5 Å². The zero-order chi connectivity index (χ0) is 15.7. The van der Waals surface area contributed by atoms with Crippen molar-refractivity contribution in [3.8, 4) is 0 Å². The minimum atomic E-state index is -3.50. The number of hydrogen-bond acceptors (Lipinski definition) is 6. The number of sulfonamides is 1. The normalized spacial score (nSPS) is 20.6. The monoisotopic (exact) mass is 341 g/mol. The Labute approximate surface area is 134 Å². The first-order chi connectivity index (χ1) is 10.5. The molecule has 6 nitrogen and oxygen atoms in total. The minimum absolute atomic E-state index is 0.156. The highest BCUT2D eigenvalue weighted by molar-refractivity contribution is 7.91. The summed E-state index contributed by atoms with van der Waals surface area (Å²) in [5.41, 5.74) is 0. The van der Waals surface area contributed by atoms with Crippen LogP contribution in [0.15, 0.2) is 26.2 Å². The fourth-order valence-corrected chi connectivity index (χ4v) is 5.35. The third-order valence-electron chi connectivity index (χ3n) is 3.77. The van der Waals surface area contributed by atoms with Crippen molar-refractivity contribution in [3.05, 3.63) is 29.2 Å². The molecule has 0 aromatic carbocycles. The van der Waals surface area contributed by atoms with Crippen LogP contribution >= 0.6 is 11.3 Å². The van der Waals surface area contributed by atoms with Crippen LogP contribution in [0, 0.1) is 0 Å². The highest BCUT2D eigenvalue weighted by atomic mass is 32.2. The summed E-state index contributed by atoms with van der Waals surface area (Å²) in [4.78, 5) is 4.40. The van der Waals surface area contributed by atoms with E-state index in [2.05, 4.69) is 10.1 Å². The first kappa shape index (κ1) is 15.6. The molecule has 0 bridgehead atoms. The Morgan fingerprint density at radius 2 is 2.23 bits per heavy atom. The largest absolute Gasteiger partial charge is 0.338 e. The Morgan fingerprint density at radius 1 is 1.41 bits per heavy atom. The summed E-state index contributed by atoms with van der Waals surface area (Å²) in [5.74, 6) is 1.18. The Bertz CT molecular complexity index is 722. The van der Waals surface area contributed by atoms with Crippen LogP contribution in [0.25, 0.3) is 0 Å². The van der Waals surface area contributed by atoms with Crippen LogP contribution in [0.5, 0.6) is 0 Å². The van der Waals surface area contributed by atoms with E-state index in [4.69, 9.17) is 4.52 Å². The molecule has 22 heavy (non-hydrogen) atoms. The predicted molar refractivity (Wildman–Crippen MR) is 83.2 cm³/mol. The van der Waals surface area contributed by atoms with Crippen LogP contribution in [0.1, 0.15) is 56.8 Å². The SMILES string of the molecule is CC(C)c1noc(C2CCCCN2S(=O)(=O)c2cccs2)n1. The molecule has 1 saturated heterocycles. The molecule has 1 aliphatic heterocycles. The van der Waals surface area contributed by atoms with E-state index in [9.17, 15) is 8.42 Å². The highest BCUT2D eigenvalue weighted by Crippen LogP contribution is 2.36. The number of aromatic nitrogens is 2. The summed E-state index contributed by atoms with van der Waals surface area (Å²) in [7, 11) is -3.50. The van der Waals surface area contributed by atoms with Gasteiger partial charge in [-0.3, -0.25) is 0 Å². The lowest BCUT2D eigenvalue weighted by Crippen LogP contribution is -2.38. The van der Waals surface area contributed by atoms with Crippen molar-refractivity contribution in [2.24, 2.45) is 0 Å². The van der Waals surface area contributed by atoms with E-state index >= 15 is 0 Å². The molecule has 0 spiro atoms. The van der Waals surface area contributed by atoms with E-state index in [1.807, 2.05) is 13.8 Å². The van der Waals surface area contributed by atoms with Crippen molar-refractivity contribution in [2.45, 2.75) is 49.3 Å². The summed E-state index contributed by atoms with van der Waals surface area (Å²) in [5, 5.41) is 5.74. The summed E-state index contributed by atoms with van der Waals surface area (Å²) in [6.07, 6.45) is 2.52. The molecule has 8 heteroatoms. The van der Waals surface area contributed by atoms with Gasteiger partial charge in [-0.25, -0.2) is 8.42 Å². The van der Waals surface area contributed by atoms with Gasteiger partial charge >= 0.3 is 0 Å². The number of hydrogen-bond donors (Lipinski definition) is 0. The third-order valence-corrected chi connectivity index (χ3v) is 7.05. The minimum Gasteiger partial charge on any atom is -0.338 e. The van der Waals surface area contributed by atoms with Gasteiger partial charge in [0.15, 0.2) is 5.82 Å². The van der Waals surface area contributed by atoms with Crippen molar-refractivity contribution in [2.75, 3.05) is 6.54 Å². The van der Waals surface area contributed by atoms with Gasteiger partial charge in [0.2, 0.25) is 5.89 Å². The average Bonchev–Trinajstić information content (AvgIpc) is 3.19. The van der Waals surface area contributed by atoms with E-state index in [0.717, 1.165) is 12.8 Å². The lowest BCUT2D eigenvalue weighted by atomic mass is 10.1. The lowest BCUT2D eigenvalue weighted by Gasteiger charge is -2.31. The van der Waals surface area contributed by atoms with E-state index in [-0.39, 0.29) is 12.0 Å². The van der Waals surface area contributed by atoms with Gasteiger partial charge in [0.25, 0.3) is 10.0 Å². The number of thiophene rings is 1. The molecular formula is C14H19N3O3S2. The van der Waals surface area contributed by atoms with Gasteiger partial charge in [0.1, 0.15) is 10.3 Å². The van der Waals surface area contributed by atoms with E-state index in [0.29, 0.717) is 28.9 Å². The van der Waals surface area contributed by atoms with Crippen molar-refractivity contribution in [1.29, 1.82) is 0 Å². The molecule has 0 saturated carbocycles. The second kappa shape index (κ2) is 6.10. The molecule has 0 N–H and O–H groups in total. The molecule has 3 heterocycles. The van der Waals surface area contributed by atoms with Crippen LogP contribution in [0.3, 0.4) is 0 Å². The summed E-state index contributed by atoms with van der Waals surface area (Å²) >= 11 is 1.23. The Morgan fingerprint density at radius 3 is 2.86 bits per heavy atom. The fraction of sp³-hybridized carbons (Fsp3) is 0.571. The van der Waals surface area contributed by atoms with Gasteiger partial charge in [-0.2, -0.15) is 9.29 Å². The Kier molecular flexibility index (Phi) is 4.33. The van der Waals surface area contributed by atoms with Crippen molar-refractivity contribution >= 4 is 21.4 Å². The predicted octanol–water partition coefficient (Wildman–Crippen LogP) is 3.17. The second-order valence-corrected chi connectivity index (χ2v) is 8.77. The molecule has 2 aromatic heterocycles. The van der Waals surface area contributed by atoms with Crippen LogP contribution < -0.4 is 0 Å². The molecule has 3 rings (SSSR count). The van der Waals surface area contributed by atoms with Crippen molar-refractivity contribution < 1.29 is 12.9 Å². The Hall–Kier alpha value is -1.25. The molecule has 2 aromatic rings. The van der Waals surface area contributed by atoms with Crippen LogP contribution in [-0.4, -0.2) is 29.4 Å². The van der Waals surface area contributed by atoms with Crippen molar-refractivity contribution in [1.82, 2.24) is 14.4 Å². The van der Waals surface area contributed by atoms with Gasteiger partial charge in [-0.15, -0.1) is 11.3 Å². The van der Waals surface area contributed by atoms with Gasteiger partial charge in [-0.1, -0.05) is 31.5 Å². The molecule has 120 valence electrons. The molecular weight excluding hydrogens is 322 g/mol. The second-order valence-electron chi connectivity index (χ2n) is 5.70. The smallest absolute Gasteiger partial charge is 0.253 e. The van der Waals surface area contributed by atoms with Crippen LogP contribution in [0.4, 0.5) is 0 Å². The van der Waals surface area contributed by atoms with Gasteiger partial charge in [0, 0.05) is 12.5 Å². The molecule has 1 aliphatic rings. The lowest BCUT2D eigenvalue weighted by molar-refractivity contribution is 0.204. The summed E-state index contributed by atoms with van der Waals surface area (Å²) < 4.78 is 32.9. The quantitative estimate of drug-likeness (QED) is 0.853. The van der Waals surface area contributed by atoms with Gasteiger partial charge in [0.05, 0.1) is 0 Å². The maximum Gasteiger partial charge on any atom is 0.253 e. The molecule has 0 aliphatic carbocycles. The Balaban J connectivity index is 1.94. The standard InChI is InChI=1S/C14H19N3O3S2/c1-10(2)13-15-14(20-16-13)11-6-3-4-8-17(11)22(18,19)12-7-5-9-21-12/h5,7,9-11H,3-4,6,8H2,1-2H3. The number of piperidine rings is 1. The average molecular weight is 341 g/mol.